The molecule has 1 aliphatic rings. The van der Waals surface area contributed by atoms with Gasteiger partial charge in [0.15, 0.2) is 11.5 Å². The Bertz CT molecular complexity index is 660. The third-order valence-electron chi connectivity index (χ3n) is 3.71. The van der Waals surface area contributed by atoms with Crippen LogP contribution in [0.3, 0.4) is 0 Å². The first kappa shape index (κ1) is 17.6. The minimum absolute atomic E-state index is 0.121. The molecule has 0 radical (unpaired) electrons. The summed E-state index contributed by atoms with van der Waals surface area (Å²) in [5.41, 5.74) is 0.845. The van der Waals surface area contributed by atoms with Crippen LogP contribution in [-0.4, -0.2) is 51.7 Å². The Morgan fingerprint density at radius 3 is 2.61 bits per heavy atom. The number of amides is 1. The Hall–Kier alpha value is -1.80. The molecule has 0 saturated carbocycles. The topological polar surface area (TPSA) is 84.9 Å². The fourth-order valence-electron chi connectivity index (χ4n) is 2.43. The zero-order valence-electron chi connectivity index (χ0n) is 13.4. The van der Waals surface area contributed by atoms with E-state index < -0.39 is 10.0 Å². The highest BCUT2D eigenvalue weighted by molar-refractivity contribution is 7.89. The molecule has 0 aliphatic carbocycles. The van der Waals surface area contributed by atoms with Crippen LogP contribution in [0.2, 0.25) is 0 Å². The molecule has 23 heavy (non-hydrogen) atoms. The van der Waals surface area contributed by atoms with E-state index in [0.717, 1.165) is 12.0 Å². The molecule has 128 valence electrons. The van der Waals surface area contributed by atoms with E-state index in [2.05, 4.69) is 5.32 Å². The Kier molecular flexibility index (Phi) is 5.84. The van der Waals surface area contributed by atoms with Crippen molar-refractivity contribution < 1.29 is 22.7 Å². The van der Waals surface area contributed by atoms with Gasteiger partial charge >= 0.3 is 0 Å². The van der Waals surface area contributed by atoms with Gasteiger partial charge in [0.1, 0.15) is 0 Å². The summed E-state index contributed by atoms with van der Waals surface area (Å²) in [7, 11) is -0.188. The van der Waals surface area contributed by atoms with Crippen molar-refractivity contribution in [1.82, 2.24) is 9.62 Å². The Morgan fingerprint density at radius 2 is 1.96 bits per heavy atom. The number of nitrogens with one attached hydrogen (secondary N) is 1. The molecule has 1 N–H and O–H groups in total. The lowest BCUT2D eigenvalue weighted by Gasteiger charge is -2.25. The van der Waals surface area contributed by atoms with Crippen molar-refractivity contribution in [3.63, 3.8) is 0 Å². The molecule has 1 aromatic carbocycles. The van der Waals surface area contributed by atoms with Crippen molar-refractivity contribution in [3.8, 4) is 11.5 Å². The molecule has 8 heteroatoms. The first-order chi connectivity index (χ1) is 11.0. The highest BCUT2D eigenvalue weighted by Crippen LogP contribution is 2.27. The van der Waals surface area contributed by atoms with Gasteiger partial charge in [-0.1, -0.05) is 6.07 Å². The van der Waals surface area contributed by atoms with E-state index in [1.54, 1.807) is 26.4 Å². The molecule has 1 heterocycles. The van der Waals surface area contributed by atoms with E-state index in [1.165, 1.54) is 4.31 Å². The zero-order valence-corrected chi connectivity index (χ0v) is 14.2. The second-order valence-corrected chi connectivity index (χ2v) is 7.41. The van der Waals surface area contributed by atoms with Gasteiger partial charge in [-0.3, -0.25) is 4.79 Å². The van der Waals surface area contributed by atoms with Crippen LogP contribution in [-0.2, 0) is 21.4 Å². The first-order valence-electron chi connectivity index (χ1n) is 7.41. The molecular weight excluding hydrogens is 320 g/mol. The normalized spacial score (nSPS) is 17.5. The Labute approximate surface area is 136 Å². The average molecular weight is 342 g/mol. The molecule has 7 nitrogen and oxygen atoms in total. The Morgan fingerprint density at radius 1 is 1.22 bits per heavy atom. The summed E-state index contributed by atoms with van der Waals surface area (Å²) in [5.74, 6) is 1.00. The molecule has 1 aromatic rings. The third-order valence-corrected chi connectivity index (χ3v) is 5.61. The molecule has 1 saturated heterocycles. The predicted molar refractivity (Wildman–Crippen MR) is 86.0 cm³/mol. The molecule has 1 aliphatic heterocycles. The standard InChI is InChI=1S/C15H22N2O5S/c1-21-13-6-5-12(9-14(13)22-2)10-16-15(18)11-17-7-3-4-8-23(17,19)20/h5-6,9H,3-4,7-8,10-11H2,1-2H3,(H,16,18). The van der Waals surface area contributed by atoms with Gasteiger partial charge in [-0.05, 0) is 30.5 Å². The summed E-state index contributed by atoms with van der Waals surface area (Å²) in [6.07, 6.45) is 1.45. The quantitative estimate of drug-likeness (QED) is 0.824. The number of methoxy groups -OCH3 is 2. The highest BCUT2D eigenvalue weighted by atomic mass is 32.2. The van der Waals surface area contributed by atoms with Crippen molar-refractivity contribution in [3.05, 3.63) is 23.8 Å². The van der Waals surface area contributed by atoms with Gasteiger partial charge in [-0.15, -0.1) is 0 Å². The summed E-state index contributed by atoms with van der Waals surface area (Å²) >= 11 is 0. The van der Waals surface area contributed by atoms with Gasteiger partial charge in [0, 0.05) is 13.1 Å². The molecule has 0 spiro atoms. The van der Waals surface area contributed by atoms with E-state index in [0.29, 0.717) is 31.0 Å². The maximum atomic E-state index is 12.0. The molecule has 0 atom stereocenters. The third kappa shape index (κ3) is 4.59. The second kappa shape index (κ2) is 7.65. The molecule has 0 aromatic heterocycles. The highest BCUT2D eigenvalue weighted by Gasteiger charge is 2.27. The SMILES string of the molecule is COc1ccc(CNC(=O)CN2CCCCS2(=O)=O)cc1OC. The number of hydrogen-bond donors (Lipinski definition) is 1. The van der Waals surface area contributed by atoms with E-state index in [4.69, 9.17) is 9.47 Å². The van der Waals surface area contributed by atoms with Gasteiger partial charge in [0.25, 0.3) is 0 Å². The van der Waals surface area contributed by atoms with Crippen molar-refractivity contribution in [1.29, 1.82) is 0 Å². The second-order valence-electron chi connectivity index (χ2n) is 5.32. The number of rotatable bonds is 6. The van der Waals surface area contributed by atoms with Crippen LogP contribution in [0, 0.1) is 0 Å². The number of carbonyl (C=O) groups excluding carboxylic acids is 1. The lowest BCUT2D eigenvalue weighted by Crippen LogP contribution is -2.44. The van der Waals surface area contributed by atoms with Crippen molar-refractivity contribution >= 4 is 15.9 Å². The lowest BCUT2D eigenvalue weighted by atomic mass is 10.2. The summed E-state index contributed by atoms with van der Waals surface area (Å²) in [6, 6.07) is 5.35. The lowest BCUT2D eigenvalue weighted by molar-refractivity contribution is -0.121. The first-order valence-corrected chi connectivity index (χ1v) is 9.02. The van der Waals surface area contributed by atoms with Gasteiger partial charge in [0.2, 0.25) is 15.9 Å². The summed E-state index contributed by atoms with van der Waals surface area (Å²) < 4.78 is 35.3. The van der Waals surface area contributed by atoms with E-state index >= 15 is 0 Å². The summed E-state index contributed by atoms with van der Waals surface area (Å²) in [5, 5.41) is 2.73. The number of benzene rings is 1. The number of sulfonamides is 1. The largest absolute Gasteiger partial charge is 0.493 e. The summed E-state index contributed by atoms with van der Waals surface area (Å²) in [6.45, 7) is 0.578. The van der Waals surface area contributed by atoms with Crippen molar-refractivity contribution in [2.24, 2.45) is 0 Å². The zero-order chi connectivity index (χ0) is 16.9. The van der Waals surface area contributed by atoms with E-state index in [9.17, 15) is 13.2 Å². The number of hydrogen-bond acceptors (Lipinski definition) is 5. The van der Waals surface area contributed by atoms with Crippen LogP contribution >= 0.6 is 0 Å². The minimum Gasteiger partial charge on any atom is -0.493 e. The maximum absolute atomic E-state index is 12.0. The van der Waals surface area contributed by atoms with Crippen molar-refractivity contribution in [2.75, 3.05) is 33.1 Å². The fourth-order valence-corrected chi connectivity index (χ4v) is 3.97. The van der Waals surface area contributed by atoms with Gasteiger partial charge in [0.05, 0.1) is 26.5 Å². The van der Waals surface area contributed by atoms with Gasteiger partial charge in [-0.2, -0.15) is 4.31 Å². The smallest absolute Gasteiger partial charge is 0.235 e. The monoisotopic (exact) mass is 342 g/mol. The fraction of sp³-hybridized carbons (Fsp3) is 0.533. The average Bonchev–Trinajstić information content (AvgIpc) is 2.54. The van der Waals surface area contributed by atoms with Crippen LogP contribution in [0.25, 0.3) is 0 Å². The van der Waals surface area contributed by atoms with Crippen LogP contribution in [0.5, 0.6) is 11.5 Å². The molecule has 2 rings (SSSR count). The van der Waals surface area contributed by atoms with E-state index in [-0.39, 0.29) is 18.2 Å². The van der Waals surface area contributed by atoms with Gasteiger partial charge in [-0.25, -0.2) is 8.42 Å². The molecule has 1 fully saturated rings. The number of ether oxygens (including phenoxy) is 2. The number of carbonyl (C=O) groups is 1. The van der Waals surface area contributed by atoms with Crippen LogP contribution in [0.15, 0.2) is 18.2 Å². The Balaban J connectivity index is 1.91. The number of nitrogens with zero attached hydrogens (tertiary/aromatic N) is 1. The van der Waals surface area contributed by atoms with Crippen molar-refractivity contribution in [2.45, 2.75) is 19.4 Å². The molecule has 0 bridgehead atoms. The summed E-state index contributed by atoms with van der Waals surface area (Å²) in [4.78, 5) is 12.0. The van der Waals surface area contributed by atoms with Gasteiger partial charge < -0.3 is 14.8 Å². The van der Waals surface area contributed by atoms with Crippen LogP contribution in [0.1, 0.15) is 18.4 Å². The van der Waals surface area contributed by atoms with Crippen LogP contribution < -0.4 is 14.8 Å². The minimum atomic E-state index is -3.29. The van der Waals surface area contributed by atoms with Crippen LogP contribution in [0.4, 0.5) is 0 Å². The van der Waals surface area contributed by atoms with E-state index in [1.807, 2.05) is 6.07 Å². The molecule has 1 amide bonds. The molecular formula is C15H22N2O5S. The predicted octanol–water partition coefficient (Wildman–Crippen LogP) is 0.746. The molecule has 0 unspecified atom stereocenters. The maximum Gasteiger partial charge on any atom is 0.235 e.